The summed E-state index contributed by atoms with van der Waals surface area (Å²) in [5.74, 6) is 0. The summed E-state index contributed by atoms with van der Waals surface area (Å²) < 4.78 is 1.16. The van der Waals surface area contributed by atoms with Gasteiger partial charge in [-0.1, -0.05) is 0 Å². The second kappa shape index (κ2) is 4.79. The third kappa shape index (κ3) is 3.51. The van der Waals surface area contributed by atoms with Crippen molar-refractivity contribution in [3.8, 4) is 0 Å². The van der Waals surface area contributed by atoms with Gasteiger partial charge in [0.2, 0.25) is 0 Å². The Kier molecular flexibility index (Phi) is 3.97. The van der Waals surface area contributed by atoms with E-state index in [1.54, 1.807) is 11.3 Å². The van der Waals surface area contributed by atoms with Crippen LogP contribution in [-0.2, 0) is 6.42 Å². The molecule has 0 radical (unpaired) electrons. The van der Waals surface area contributed by atoms with E-state index < -0.39 is 0 Å². The van der Waals surface area contributed by atoms with E-state index in [4.69, 9.17) is 5.73 Å². The maximum Gasteiger partial charge on any atom is 0.163 e. The molecular weight excluding hydrogens is 256 g/mol. The van der Waals surface area contributed by atoms with Gasteiger partial charge in [0.1, 0.15) is 0 Å². The van der Waals surface area contributed by atoms with Gasteiger partial charge >= 0.3 is 0 Å². The van der Waals surface area contributed by atoms with Crippen molar-refractivity contribution in [2.24, 2.45) is 5.73 Å². The molecule has 2 nitrogen and oxygen atoms in total. The van der Waals surface area contributed by atoms with Crippen molar-refractivity contribution in [1.29, 1.82) is 0 Å². The fourth-order valence-corrected chi connectivity index (χ4v) is 2.38. The zero-order valence-corrected chi connectivity index (χ0v) is 9.56. The van der Waals surface area contributed by atoms with Crippen LogP contribution in [-0.4, -0.2) is 11.7 Å². The van der Waals surface area contributed by atoms with E-state index in [-0.39, 0.29) is 0 Å². The van der Waals surface area contributed by atoms with Crippen molar-refractivity contribution < 1.29 is 0 Å². The van der Waals surface area contributed by atoms with Crippen molar-refractivity contribution in [3.05, 3.63) is 20.8 Å². The van der Waals surface area contributed by atoms with E-state index in [1.165, 1.54) is 4.88 Å². The minimum absolute atomic E-state index is 0.366. The lowest BCUT2D eigenvalue weighted by molar-refractivity contribution is 0.881. The standard InChI is InChI=1S/C7H9BrN2S2/c8-6-2-1-5(12-6)3-4-10-7(9)11/h1-2H,3-4H2,(H3,9,10,11). The van der Waals surface area contributed by atoms with Crippen LogP contribution in [0.4, 0.5) is 0 Å². The first-order chi connectivity index (χ1) is 5.68. The fraction of sp³-hybridized carbons (Fsp3) is 0.286. The number of halogens is 1. The highest BCUT2D eigenvalue weighted by Gasteiger charge is 1.96. The second-order valence-corrected chi connectivity index (χ2v) is 5.23. The molecule has 0 amide bonds. The Morgan fingerprint density at radius 2 is 2.42 bits per heavy atom. The summed E-state index contributed by atoms with van der Waals surface area (Å²) in [6.07, 6.45) is 0.966. The van der Waals surface area contributed by atoms with E-state index in [0.29, 0.717) is 5.11 Å². The number of thiophene rings is 1. The SMILES string of the molecule is NC(=S)NCCc1ccc(Br)s1. The zero-order valence-electron chi connectivity index (χ0n) is 6.34. The minimum Gasteiger partial charge on any atom is -0.376 e. The van der Waals surface area contributed by atoms with Crippen LogP contribution >= 0.6 is 39.5 Å². The summed E-state index contributed by atoms with van der Waals surface area (Å²) in [5.41, 5.74) is 5.28. The van der Waals surface area contributed by atoms with Gasteiger partial charge in [-0.05, 0) is 46.7 Å². The Morgan fingerprint density at radius 3 is 2.92 bits per heavy atom. The molecule has 0 aliphatic rings. The Labute approximate surface area is 89.3 Å². The molecule has 0 saturated carbocycles. The van der Waals surface area contributed by atoms with Crippen LogP contribution in [0.2, 0.25) is 0 Å². The van der Waals surface area contributed by atoms with E-state index in [9.17, 15) is 0 Å². The van der Waals surface area contributed by atoms with Crippen LogP contribution < -0.4 is 11.1 Å². The average Bonchev–Trinajstić information content (AvgIpc) is 2.35. The Hall–Kier alpha value is -0.130. The van der Waals surface area contributed by atoms with Gasteiger partial charge in [-0.15, -0.1) is 11.3 Å². The molecule has 1 heterocycles. The largest absolute Gasteiger partial charge is 0.376 e. The summed E-state index contributed by atoms with van der Waals surface area (Å²) in [5, 5.41) is 3.27. The monoisotopic (exact) mass is 264 g/mol. The molecule has 0 saturated heterocycles. The lowest BCUT2D eigenvalue weighted by Crippen LogP contribution is -2.30. The fourth-order valence-electron chi connectivity index (χ4n) is 0.795. The first-order valence-corrected chi connectivity index (χ1v) is 5.48. The molecule has 5 heteroatoms. The van der Waals surface area contributed by atoms with Crippen molar-refractivity contribution in [2.45, 2.75) is 6.42 Å². The van der Waals surface area contributed by atoms with Crippen LogP contribution in [0.15, 0.2) is 15.9 Å². The van der Waals surface area contributed by atoms with Crippen LogP contribution in [0, 0.1) is 0 Å². The van der Waals surface area contributed by atoms with Crippen LogP contribution in [0.25, 0.3) is 0 Å². The molecule has 0 aliphatic heterocycles. The molecule has 3 N–H and O–H groups in total. The maximum atomic E-state index is 5.28. The van der Waals surface area contributed by atoms with Crippen molar-refractivity contribution in [3.63, 3.8) is 0 Å². The summed E-state index contributed by atoms with van der Waals surface area (Å²) in [6, 6.07) is 4.14. The first-order valence-electron chi connectivity index (χ1n) is 3.46. The van der Waals surface area contributed by atoms with Gasteiger partial charge in [-0.2, -0.15) is 0 Å². The van der Waals surface area contributed by atoms with Gasteiger partial charge in [0.15, 0.2) is 5.11 Å². The quantitative estimate of drug-likeness (QED) is 0.820. The molecule has 1 aromatic heterocycles. The van der Waals surface area contributed by atoms with E-state index in [0.717, 1.165) is 16.8 Å². The maximum absolute atomic E-state index is 5.28. The zero-order chi connectivity index (χ0) is 8.97. The molecule has 0 spiro atoms. The van der Waals surface area contributed by atoms with Gasteiger partial charge in [0.25, 0.3) is 0 Å². The highest BCUT2D eigenvalue weighted by atomic mass is 79.9. The molecule has 0 bridgehead atoms. The number of hydrogen-bond donors (Lipinski definition) is 2. The first kappa shape index (κ1) is 9.95. The molecule has 0 unspecified atom stereocenters. The van der Waals surface area contributed by atoms with Gasteiger partial charge in [0, 0.05) is 11.4 Å². The van der Waals surface area contributed by atoms with Crippen LogP contribution in [0.5, 0.6) is 0 Å². The second-order valence-electron chi connectivity index (χ2n) is 2.25. The number of nitrogens with one attached hydrogen (secondary N) is 1. The molecule has 0 aromatic carbocycles. The Bertz CT molecular complexity index is 272. The summed E-state index contributed by atoms with van der Waals surface area (Å²) in [6.45, 7) is 0.808. The third-order valence-corrected chi connectivity index (χ3v) is 3.13. The van der Waals surface area contributed by atoms with Crippen LogP contribution in [0.1, 0.15) is 4.88 Å². The number of thiocarbonyl (C=S) groups is 1. The predicted molar refractivity (Wildman–Crippen MR) is 60.5 cm³/mol. The molecule has 1 aromatic rings. The molecule has 12 heavy (non-hydrogen) atoms. The lowest BCUT2D eigenvalue weighted by Gasteiger charge is -2.00. The summed E-state index contributed by atoms with van der Waals surface area (Å²) >= 11 is 9.81. The summed E-state index contributed by atoms with van der Waals surface area (Å²) in [7, 11) is 0. The molecule has 0 fully saturated rings. The lowest BCUT2D eigenvalue weighted by atomic mass is 10.3. The van der Waals surface area contributed by atoms with Gasteiger partial charge < -0.3 is 11.1 Å². The molecule has 0 atom stereocenters. The number of rotatable bonds is 3. The van der Waals surface area contributed by atoms with Crippen molar-refractivity contribution in [1.82, 2.24) is 5.32 Å². The molecule has 1 rings (SSSR count). The van der Waals surface area contributed by atoms with Crippen molar-refractivity contribution >= 4 is 44.6 Å². The molecular formula is C7H9BrN2S2. The summed E-state index contributed by atoms with van der Waals surface area (Å²) in [4.78, 5) is 1.32. The van der Waals surface area contributed by atoms with E-state index in [2.05, 4.69) is 39.5 Å². The topological polar surface area (TPSA) is 38.0 Å². The minimum atomic E-state index is 0.366. The molecule has 66 valence electrons. The van der Waals surface area contributed by atoms with Crippen molar-refractivity contribution in [2.75, 3.05) is 6.54 Å². The Morgan fingerprint density at radius 1 is 1.67 bits per heavy atom. The predicted octanol–water partition coefficient (Wildman–Crippen LogP) is 1.89. The third-order valence-electron chi connectivity index (χ3n) is 1.30. The normalized spacial score (nSPS) is 9.75. The number of nitrogens with two attached hydrogens (primary N) is 1. The van der Waals surface area contributed by atoms with Gasteiger partial charge in [-0.25, -0.2) is 0 Å². The highest BCUT2D eigenvalue weighted by Crippen LogP contribution is 2.21. The van der Waals surface area contributed by atoms with Crippen LogP contribution in [0.3, 0.4) is 0 Å². The smallest absolute Gasteiger partial charge is 0.163 e. The van der Waals surface area contributed by atoms with Gasteiger partial charge in [-0.3, -0.25) is 0 Å². The van der Waals surface area contributed by atoms with Gasteiger partial charge in [0.05, 0.1) is 3.79 Å². The van der Waals surface area contributed by atoms with E-state index in [1.807, 2.05) is 6.07 Å². The molecule has 0 aliphatic carbocycles. The average molecular weight is 265 g/mol. The van der Waals surface area contributed by atoms with E-state index >= 15 is 0 Å². The highest BCUT2D eigenvalue weighted by molar-refractivity contribution is 9.11. The Balaban J connectivity index is 2.29. The number of hydrogen-bond acceptors (Lipinski definition) is 2.